The fraction of sp³-hybridized carbons (Fsp3) is 0.176. The molecule has 1 aromatic carbocycles. The maximum atomic E-state index is 12.9. The Morgan fingerprint density at radius 2 is 2.08 bits per heavy atom. The number of hydrogen-bond donors (Lipinski definition) is 0. The fourth-order valence-corrected chi connectivity index (χ4v) is 4.02. The summed E-state index contributed by atoms with van der Waals surface area (Å²) in [5.74, 6) is 1.05. The molecule has 26 heavy (non-hydrogen) atoms. The van der Waals surface area contributed by atoms with Gasteiger partial charge in [0.15, 0.2) is 5.65 Å². The van der Waals surface area contributed by atoms with E-state index in [0.29, 0.717) is 18.1 Å². The highest BCUT2D eigenvalue weighted by atomic mass is 32.2. The molecule has 4 rings (SSSR count). The maximum Gasteiger partial charge on any atom is 0.162 e. The zero-order valence-corrected chi connectivity index (χ0v) is 15.4. The number of ether oxygens (including phenoxy) is 1. The standard InChI is InChI=1S/C17H14FN5OS2/c1-23-16-14(6-21-23)17(20-10-19-16)26-9-12-8-25-15(22-12)7-24-13-4-2-11(18)3-5-13/h2-6,8,10H,7,9H2,1H3. The second-order valence-electron chi connectivity index (χ2n) is 5.45. The van der Waals surface area contributed by atoms with Crippen molar-refractivity contribution >= 4 is 34.1 Å². The molecule has 0 spiro atoms. The van der Waals surface area contributed by atoms with Gasteiger partial charge in [0.1, 0.15) is 34.5 Å². The molecule has 0 aliphatic carbocycles. The van der Waals surface area contributed by atoms with Crippen molar-refractivity contribution < 1.29 is 9.13 Å². The molecule has 0 radical (unpaired) electrons. The molecular weight excluding hydrogens is 373 g/mol. The highest BCUT2D eigenvalue weighted by molar-refractivity contribution is 7.98. The minimum Gasteiger partial charge on any atom is -0.486 e. The summed E-state index contributed by atoms with van der Waals surface area (Å²) in [6.07, 6.45) is 3.33. The van der Waals surface area contributed by atoms with E-state index >= 15 is 0 Å². The molecule has 0 aliphatic heterocycles. The molecule has 0 aliphatic rings. The normalized spacial score (nSPS) is 11.2. The van der Waals surface area contributed by atoms with E-state index in [2.05, 4.69) is 20.1 Å². The van der Waals surface area contributed by atoms with Crippen molar-refractivity contribution in [2.75, 3.05) is 0 Å². The van der Waals surface area contributed by atoms with Crippen LogP contribution in [0.25, 0.3) is 11.0 Å². The van der Waals surface area contributed by atoms with Gasteiger partial charge in [0, 0.05) is 18.2 Å². The largest absolute Gasteiger partial charge is 0.486 e. The Labute approximate surface area is 157 Å². The van der Waals surface area contributed by atoms with E-state index in [-0.39, 0.29) is 5.82 Å². The van der Waals surface area contributed by atoms with Gasteiger partial charge in [0.25, 0.3) is 0 Å². The highest BCUT2D eigenvalue weighted by Gasteiger charge is 2.10. The van der Waals surface area contributed by atoms with Crippen molar-refractivity contribution in [1.82, 2.24) is 24.7 Å². The molecule has 3 aromatic heterocycles. The van der Waals surface area contributed by atoms with E-state index in [9.17, 15) is 4.39 Å². The number of fused-ring (bicyclic) bond motifs is 1. The van der Waals surface area contributed by atoms with E-state index in [1.807, 2.05) is 12.4 Å². The quantitative estimate of drug-likeness (QED) is 0.370. The summed E-state index contributed by atoms with van der Waals surface area (Å²) in [5.41, 5.74) is 1.78. The van der Waals surface area contributed by atoms with Gasteiger partial charge in [-0.15, -0.1) is 11.3 Å². The Bertz CT molecular complexity index is 1030. The SMILES string of the molecule is Cn1ncc2c(SCc3csc(COc4ccc(F)cc4)n3)ncnc21. The molecule has 0 N–H and O–H groups in total. The molecule has 0 amide bonds. The molecule has 0 unspecified atom stereocenters. The lowest BCUT2D eigenvalue weighted by molar-refractivity contribution is 0.305. The lowest BCUT2D eigenvalue weighted by Gasteiger charge is -2.03. The molecule has 4 aromatic rings. The predicted molar refractivity (Wildman–Crippen MR) is 98.7 cm³/mol. The second kappa shape index (κ2) is 7.38. The van der Waals surface area contributed by atoms with Crippen molar-refractivity contribution in [3.63, 3.8) is 0 Å². The van der Waals surface area contributed by atoms with Crippen LogP contribution in [0.4, 0.5) is 4.39 Å². The van der Waals surface area contributed by atoms with Gasteiger partial charge in [-0.3, -0.25) is 4.68 Å². The Balaban J connectivity index is 1.38. The second-order valence-corrected chi connectivity index (χ2v) is 7.35. The van der Waals surface area contributed by atoms with Crippen LogP contribution in [-0.4, -0.2) is 24.7 Å². The van der Waals surface area contributed by atoms with Crippen LogP contribution in [0.3, 0.4) is 0 Å². The topological polar surface area (TPSA) is 65.7 Å². The molecule has 0 fully saturated rings. The summed E-state index contributed by atoms with van der Waals surface area (Å²) < 4.78 is 20.3. The molecule has 0 saturated carbocycles. The van der Waals surface area contributed by atoms with E-state index in [4.69, 9.17) is 4.74 Å². The van der Waals surface area contributed by atoms with Crippen molar-refractivity contribution in [2.24, 2.45) is 7.05 Å². The summed E-state index contributed by atoms with van der Waals surface area (Å²) in [7, 11) is 1.86. The highest BCUT2D eigenvalue weighted by Crippen LogP contribution is 2.27. The van der Waals surface area contributed by atoms with Crippen molar-refractivity contribution in [2.45, 2.75) is 17.4 Å². The lowest BCUT2D eigenvalue weighted by atomic mass is 10.3. The summed E-state index contributed by atoms with van der Waals surface area (Å²) in [5, 5.41) is 8.94. The Morgan fingerprint density at radius 3 is 2.92 bits per heavy atom. The number of benzene rings is 1. The number of thioether (sulfide) groups is 1. The maximum absolute atomic E-state index is 12.9. The zero-order valence-electron chi connectivity index (χ0n) is 13.8. The average molecular weight is 387 g/mol. The predicted octanol–water partition coefficient (Wildman–Crippen LogP) is 3.83. The molecular formula is C17H14FN5OS2. The molecule has 0 atom stereocenters. The van der Waals surface area contributed by atoms with Crippen LogP contribution in [0.5, 0.6) is 5.75 Å². The number of nitrogens with zero attached hydrogens (tertiary/aromatic N) is 5. The number of halogens is 1. The Hall–Kier alpha value is -2.52. The van der Waals surface area contributed by atoms with Gasteiger partial charge in [0.05, 0.1) is 17.3 Å². The first kappa shape index (κ1) is 16.9. The lowest BCUT2D eigenvalue weighted by Crippen LogP contribution is -1.95. The third kappa shape index (κ3) is 3.68. The molecule has 3 heterocycles. The molecule has 0 saturated heterocycles. The summed E-state index contributed by atoms with van der Waals surface area (Å²) in [6, 6.07) is 5.96. The molecule has 0 bridgehead atoms. The minimum atomic E-state index is -0.279. The van der Waals surface area contributed by atoms with Gasteiger partial charge in [-0.05, 0) is 24.3 Å². The van der Waals surface area contributed by atoms with Crippen LogP contribution >= 0.6 is 23.1 Å². The third-order valence-electron chi connectivity index (χ3n) is 3.62. The van der Waals surface area contributed by atoms with Gasteiger partial charge >= 0.3 is 0 Å². The monoisotopic (exact) mass is 387 g/mol. The first-order valence-corrected chi connectivity index (χ1v) is 9.63. The zero-order chi connectivity index (χ0) is 17.9. The van der Waals surface area contributed by atoms with E-state index < -0.39 is 0 Å². The first-order valence-electron chi connectivity index (χ1n) is 7.76. The summed E-state index contributed by atoms with van der Waals surface area (Å²) in [4.78, 5) is 13.2. The average Bonchev–Trinajstić information content (AvgIpc) is 3.27. The van der Waals surface area contributed by atoms with Gasteiger partial charge in [-0.2, -0.15) is 5.10 Å². The van der Waals surface area contributed by atoms with Gasteiger partial charge in [-0.25, -0.2) is 19.3 Å². The Kier molecular flexibility index (Phi) is 4.81. The number of hydrogen-bond acceptors (Lipinski definition) is 7. The molecule has 9 heteroatoms. The van der Waals surface area contributed by atoms with Crippen LogP contribution in [0.2, 0.25) is 0 Å². The number of thiazole rings is 1. The summed E-state index contributed by atoms with van der Waals surface area (Å²) >= 11 is 3.15. The number of aromatic nitrogens is 5. The van der Waals surface area contributed by atoms with Crippen LogP contribution in [-0.2, 0) is 19.4 Å². The van der Waals surface area contributed by atoms with Crippen molar-refractivity contribution in [1.29, 1.82) is 0 Å². The summed E-state index contributed by atoms with van der Waals surface area (Å²) in [6.45, 7) is 0.362. The van der Waals surface area contributed by atoms with Crippen LogP contribution in [0, 0.1) is 5.82 Å². The molecule has 6 nitrogen and oxygen atoms in total. The van der Waals surface area contributed by atoms with E-state index in [1.165, 1.54) is 12.1 Å². The van der Waals surface area contributed by atoms with Crippen LogP contribution in [0.15, 0.2) is 47.2 Å². The van der Waals surface area contributed by atoms with E-state index in [0.717, 1.165) is 26.8 Å². The van der Waals surface area contributed by atoms with Gasteiger partial charge in [-0.1, -0.05) is 11.8 Å². The third-order valence-corrected chi connectivity index (χ3v) is 5.53. The van der Waals surface area contributed by atoms with Crippen LogP contribution < -0.4 is 4.74 Å². The smallest absolute Gasteiger partial charge is 0.162 e. The van der Waals surface area contributed by atoms with Crippen molar-refractivity contribution in [3.05, 3.63) is 58.7 Å². The number of aryl methyl sites for hydroxylation is 1. The van der Waals surface area contributed by atoms with Gasteiger partial charge < -0.3 is 4.74 Å². The van der Waals surface area contributed by atoms with Crippen molar-refractivity contribution in [3.8, 4) is 5.75 Å². The fourth-order valence-electron chi connectivity index (χ4n) is 2.36. The molecule has 132 valence electrons. The minimum absolute atomic E-state index is 0.279. The Morgan fingerprint density at radius 1 is 1.23 bits per heavy atom. The van der Waals surface area contributed by atoms with Gasteiger partial charge in [0.2, 0.25) is 0 Å². The number of rotatable bonds is 6. The van der Waals surface area contributed by atoms with E-state index in [1.54, 1.807) is 52.4 Å². The van der Waals surface area contributed by atoms with Crippen LogP contribution in [0.1, 0.15) is 10.7 Å². The first-order chi connectivity index (χ1) is 12.7.